The molecule has 0 saturated heterocycles. The van der Waals surface area contributed by atoms with Crippen molar-refractivity contribution >= 4 is 28.2 Å². The summed E-state index contributed by atoms with van der Waals surface area (Å²) in [6.45, 7) is 6.98. The maximum absolute atomic E-state index is 13.0. The smallest absolute Gasteiger partial charge is 0.341 e. The average Bonchev–Trinajstić information content (AvgIpc) is 3.10. The van der Waals surface area contributed by atoms with E-state index >= 15 is 0 Å². The summed E-state index contributed by atoms with van der Waals surface area (Å²) in [5.74, 6) is -0.495. The lowest BCUT2D eigenvalue weighted by Gasteiger charge is -2.25. The molecule has 2 aromatic rings. The maximum atomic E-state index is 13.0. The van der Waals surface area contributed by atoms with Gasteiger partial charge in [0, 0.05) is 23.5 Å². The van der Waals surface area contributed by atoms with Gasteiger partial charge in [0.05, 0.1) is 12.2 Å². The van der Waals surface area contributed by atoms with Crippen molar-refractivity contribution in [2.75, 3.05) is 25.0 Å². The number of benzene rings is 1. The number of anilines is 1. The molecule has 0 spiro atoms. The molecule has 2 heterocycles. The van der Waals surface area contributed by atoms with E-state index in [-0.39, 0.29) is 11.9 Å². The first-order valence-corrected chi connectivity index (χ1v) is 11.4. The lowest BCUT2D eigenvalue weighted by atomic mass is 9.90. The van der Waals surface area contributed by atoms with Crippen LogP contribution in [0.1, 0.15) is 69.0 Å². The number of ether oxygens (including phenoxy) is 1. The number of hydrogen-bond acceptors (Lipinski definition) is 5. The van der Waals surface area contributed by atoms with Gasteiger partial charge < -0.3 is 10.1 Å². The number of esters is 1. The Morgan fingerprint density at radius 2 is 1.93 bits per heavy atom. The highest BCUT2D eigenvalue weighted by Crippen LogP contribution is 2.38. The fourth-order valence-corrected chi connectivity index (χ4v) is 5.56. The first-order chi connectivity index (χ1) is 14.1. The average molecular weight is 413 g/mol. The summed E-state index contributed by atoms with van der Waals surface area (Å²) in [5, 5.41) is 3.64. The molecule has 0 fully saturated rings. The largest absolute Gasteiger partial charge is 0.462 e. The zero-order valence-electron chi connectivity index (χ0n) is 17.2. The molecule has 29 heavy (non-hydrogen) atoms. The summed E-state index contributed by atoms with van der Waals surface area (Å²) in [4.78, 5) is 29.2. The molecular weight excluding hydrogens is 384 g/mol. The van der Waals surface area contributed by atoms with Gasteiger partial charge in [-0.25, -0.2) is 4.79 Å². The molecule has 0 radical (unpaired) electrons. The number of nitrogens with one attached hydrogen (secondary N) is 1. The molecule has 1 aliphatic heterocycles. The second-order valence-electron chi connectivity index (χ2n) is 7.69. The molecule has 4 rings (SSSR count). The minimum absolute atomic E-state index is 0.158. The number of thiophene rings is 1. The van der Waals surface area contributed by atoms with Crippen LogP contribution in [-0.4, -0.2) is 36.5 Å². The van der Waals surface area contributed by atoms with Gasteiger partial charge in [0.1, 0.15) is 5.00 Å². The van der Waals surface area contributed by atoms with Crippen LogP contribution >= 0.6 is 11.3 Å². The first-order valence-electron chi connectivity index (χ1n) is 10.6. The lowest BCUT2D eigenvalue weighted by molar-refractivity contribution is 0.0526. The quantitative estimate of drug-likeness (QED) is 0.738. The zero-order valence-corrected chi connectivity index (χ0v) is 18.0. The summed E-state index contributed by atoms with van der Waals surface area (Å²) in [7, 11) is 0. The Hall–Kier alpha value is -2.18. The van der Waals surface area contributed by atoms with E-state index in [1.807, 2.05) is 12.1 Å². The Balaban J connectivity index is 1.63. The van der Waals surface area contributed by atoms with Crippen LogP contribution in [0.3, 0.4) is 0 Å². The second-order valence-corrected chi connectivity index (χ2v) is 8.80. The Kier molecular flexibility index (Phi) is 6.01. The molecule has 2 aliphatic rings. The second kappa shape index (κ2) is 8.67. The first kappa shape index (κ1) is 20.1. The third-order valence-electron chi connectivity index (χ3n) is 5.90. The van der Waals surface area contributed by atoms with E-state index in [1.165, 1.54) is 35.3 Å². The third-order valence-corrected chi connectivity index (χ3v) is 7.03. The van der Waals surface area contributed by atoms with Crippen molar-refractivity contribution in [2.24, 2.45) is 0 Å². The van der Waals surface area contributed by atoms with Crippen molar-refractivity contribution in [2.45, 2.75) is 52.5 Å². The molecule has 1 aromatic carbocycles. The number of carbonyl (C=O) groups excluding carboxylic acids is 2. The number of fused-ring (bicyclic) bond motifs is 2. The molecule has 154 valence electrons. The Morgan fingerprint density at radius 1 is 1.14 bits per heavy atom. The molecule has 1 amide bonds. The van der Waals surface area contributed by atoms with Crippen molar-refractivity contribution in [3.8, 4) is 0 Å². The van der Waals surface area contributed by atoms with Gasteiger partial charge in [-0.2, -0.15) is 0 Å². The Bertz CT molecular complexity index is 934. The van der Waals surface area contributed by atoms with Crippen LogP contribution in [-0.2, 0) is 30.5 Å². The van der Waals surface area contributed by atoms with E-state index < -0.39 is 0 Å². The predicted molar refractivity (Wildman–Crippen MR) is 116 cm³/mol. The van der Waals surface area contributed by atoms with Crippen LogP contribution in [0, 0.1) is 0 Å². The summed E-state index contributed by atoms with van der Waals surface area (Å²) >= 11 is 1.51. The van der Waals surface area contributed by atoms with Gasteiger partial charge in [0.2, 0.25) is 0 Å². The third kappa shape index (κ3) is 4.09. The van der Waals surface area contributed by atoms with Crippen molar-refractivity contribution in [1.82, 2.24) is 4.90 Å². The van der Waals surface area contributed by atoms with Crippen LogP contribution < -0.4 is 5.32 Å². The standard InChI is InChI=1S/C23H28N2O3S/c1-3-25-12-11-18-19(14-25)29-22(20(18)23(27)28-4-2)24-21(26)17-10-9-15-7-5-6-8-16(15)13-17/h9-10,13H,3-8,11-12,14H2,1-2H3,(H,24,26). The van der Waals surface area contributed by atoms with Crippen molar-refractivity contribution < 1.29 is 14.3 Å². The summed E-state index contributed by atoms with van der Waals surface area (Å²) < 4.78 is 5.31. The number of nitrogens with zero attached hydrogens (tertiary/aromatic N) is 1. The summed E-state index contributed by atoms with van der Waals surface area (Å²) in [6.07, 6.45) is 5.33. The zero-order chi connectivity index (χ0) is 20.4. The van der Waals surface area contributed by atoms with Gasteiger partial charge >= 0.3 is 5.97 Å². The van der Waals surface area contributed by atoms with Crippen LogP contribution in [0.4, 0.5) is 5.00 Å². The highest BCUT2D eigenvalue weighted by Gasteiger charge is 2.29. The summed E-state index contributed by atoms with van der Waals surface area (Å²) in [5.41, 5.74) is 4.87. The van der Waals surface area contributed by atoms with Crippen LogP contribution in [0.5, 0.6) is 0 Å². The topological polar surface area (TPSA) is 58.6 Å². The normalized spacial score (nSPS) is 16.1. The fraction of sp³-hybridized carbons (Fsp3) is 0.478. The van der Waals surface area contributed by atoms with Gasteiger partial charge in [0.15, 0.2) is 0 Å². The van der Waals surface area contributed by atoms with Crippen molar-refractivity contribution in [3.63, 3.8) is 0 Å². The van der Waals surface area contributed by atoms with Crippen LogP contribution in [0.25, 0.3) is 0 Å². The highest BCUT2D eigenvalue weighted by molar-refractivity contribution is 7.17. The molecular formula is C23H28N2O3S. The number of carbonyl (C=O) groups is 2. The molecule has 0 unspecified atom stereocenters. The van der Waals surface area contributed by atoms with Gasteiger partial charge in [-0.15, -0.1) is 11.3 Å². The van der Waals surface area contributed by atoms with Crippen molar-refractivity contribution in [3.05, 3.63) is 50.9 Å². The number of hydrogen-bond donors (Lipinski definition) is 1. The van der Waals surface area contributed by atoms with E-state index in [1.54, 1.807) is 6.92 Å². The maximum Gasteiger partial charge on any atom is 0.341 e. The van der Waals surface area contributed by atoms with E-state index in [2.05, 4.69) is 23.2 Å². The van der Waals surface area contributed by atoms with Gasteiger partial charge in [-0.05, 0) is 74.4 Å². The molecule has 1 aromatic heterocycles. The van der Waals surface area contributed by atoms with E-state index in [4.69, 9.17) is 4.74 Å². The molecule has 0 atom stereocenters. The van der Waals surface area contributed by atoms with E-state index in [9.17, 15) is 9.59 Å². The molecule has 6 heteroatoms. The fourth-order valence-electron chi connectivity index (χ4n) is 4.28. The molecule has 1 N–H and O–H groups in total. The number of aryl methyl sites for hydroxylation is 2. The number of rotatable bonds is 5. The van der Waals surface area contributed by atoms with Crippen LogP contribution in [0.15, 0.2) is 18.2 Å². The monoisotopic (exact) mass is 412 g/mol. The van der Waals surface area contributed by atoms with Gasteiger partial charge in [-0.3, -0.25) is 9.69 Å². The molecule has 0 bridgehead atoms. The number of likely N-dealkylation sites (N-methyl/N-ethyl adjacent to an activating group) is 1. The minimum atomic E-state index is -0.337. The Labute approximate surface area is 176 Å². The van der Waals surface area contributed by atoms with E-state index in [0.29, 0.717) is 22.7 Å². The predicted octanol–water partition coefficient (Wildman–Crippen LogP) is 4.43. The number of amides is 1. The van der Waals surface area contributed by atoms with E-state index in [0.717, 1.165) is 49.3 Å². The minimum Gasteiger partial charge on any atom is -0.462 e. The molecule has 1 aliphatic carbocycles. The molecule has 5 nitrogen and oxygen atoms in total. The lowest BCUT2D eigenvalue weighted by Crippen LogP contribution is -2.30. The van der Waals surface area contributed by atoms with Crippen molar-refractivity contribution in [1.29, 1.82) is 0 Å². The highest BCUT2D eigenvalue weighted by atomic mass is 32.1. The summed E-state index contributed by atoms with van der Waals surface area (Å²) in [6, 6.07) is 5.99. The SMILES string of the molecule is CCOC(=O)c1c(NC(=O)c2ccc3c(c2)CCCC3)sc2c1CCN(CC)C2. The van der Waals surface area contributed by atoms with Crippen LogP contribution in [0.2, 0.25) is 0 Å². The Morgan fingerprint density at radius 3 is 2.69 bits per heavy atom. The van der Waals surface area contributed by atoms with Gasteiger partial charge in [-0.1, -0.05) is 13.0 Å². The molecule has 0 saturated carbocycles. The van der Waals surface area contributed by atoms with Gasteiger partial charge in [0.25, 0.3) is 5.91 Å².